The molecule has 180 valence electrons. The van der Waals surface area contributed by atoms with E-state index in [0.29, 0.717) is 28.4 Å². The number of fused-ring (bicyclic) bond motifs is 1. The first-order valence-electron chi connectivity index (χ1n) is 10.9. The Morgan fingerprint density at radius 2 is 1.97 bits per heavy atom. The molecule has 0 spiro atoms. The lowest BCUT2D eigenvalue weighted by molar-refractivity contribution is -0.704. The minimum Gasteiger partial charge on any atom is -0.497 e. The van der Waals surface area contributed by atoms with Crippen molar-refractivity contribution in [2.45, 2.75) is 49.3 Å². The van der Waals surface area contributed by atoms with Gasteiger partial charge in [-0.25, -0.2) is 9.59 Å². The number of thioether (sulfide) groups is 1. The highest BCUT2D eigenvalue weighted by Crippen LogP contribution is 2.39. The Morgan fingerprint density at radius 3 is 2.65 bits per heavy atom. The van der Waals surface area contributed by atoms with E-state index in [2.05, 4.69) is 10.6 Å². The topological polar surface area (TPSA) is 115 Å². The van der Waals surface area contributed by atoms with Crippen LogP contribution in [0.25, 0.3) is 5.69 Å². The van der Waals surface area contributed by atoms with Gasteiger partial charge < -0.3 is 14.8 Å². The summed E-state index contributed by atoms with van der Waals surface area (Å²) in [7, 11) is 2.91. The maximum atomic E-state index is 13.2. The second-order valence-corrected chi connectivity index (χ2v) is 10.0. The molecule has 4 rings (SSSR count). The standard InChI is InChI=1S/C23H25N3O6S2/c1-4-16(34-21-23(29)32-25-26(21)13-9-11-14(30-2)12-10-13)19(27)24-20-18(22(28)31-3)15-7-5-6-8-17(15)33-20/h9-12,16H,4-8H2,1-3H3,(H-,24,25,27,28,29)/p+1. The molecule has 11 heteroatoms. The molecular formula is C23H26N3O6S2+. The highest BCUT2D eigenvalue weighted by atomic mass is 32.2. The highest BCUT2D eigenvalue weighted by Gasteiger charge is 2.32. The quantitative estimate of drug-likeness (QED) is 0.274. The molecule has 0 bridgehead atoms. The number of hydrogen-bond donors (Lipinski definition) is 2. The van der Waals surface area contributed by atoms with Gasteiger partial charge in [-0.15, -0.1) is 11.3 Å². The summed E-state index contributed by atoms with van der Waals surface area (Å²) in [5.74, 6) is -0.0626. The lowest BCUT2D eigenvalue weighted by Crippen LogP contribution is -2.37. The Kier molecular flexibility index (Phi) is 7.42. The third-order valence-corrected chi connectivity index (χ3v) is 8.26. The summed E-state index contributed by atoms with van der Waals surface area (Å²) >= 11 is 2.54. The number of anilines is 1. The summed E-state index contributed by atoms with van der Waals surface area (Å²) in [6.07, 6.45) is 4.21. The average Bonchev–Trinajstić information content (AvgIpc) is 3.41. The summed E-state index contributed by atoms with van der Waals surface area (Å²) in [5.41, 5.74) is 1.50. The summed E-state index contributed by atoms with van der Waals surface area (Å²) in [4.78, 5) is 39.3. The number of rotatable bonds is 8. The van der Waals surface area contributed by atoms with Crippen molar-refractivity contribution in [1.82, 2.24) is 5.27 Å². The molecule has 2 aromatic heterocycles. The van der Waals surface area contributed by atoms with Gasteiger partial charge in [-0.1, -0.05) is 6.92 Å². The van der Waals surface area contributed by atoms with Gasteiger partial charge in [-0.2, -0.15) is 0 Å². The smallest absolute Gasteiger partial charge is 0.442 e. The lowest BCUT2D eigenvalue weighted by Gasteiger charge is -2.13. The Morgan fingerprint density at radius 1 is 1.24 bits per heavy atom. The van der Waals surface area contributed by atoms with Crippen LogP contribution in [0.5, 0.6) is 5.75 Å². The van der Waals surface area contributed by atoms with Crippen molar-refractivity contribution >= 4 is 40.0 Å². The lowest BCUT2D eigenvalue weighted by atomic mass is 9.95. The minimum absolute atomic E-state index is 0.242. The number of aromatic nitrogens is 2. The van der Waals surface area contributed by atoms with Crippen molar-refractivity contribution in [3.05, 3.63) is 50.7 Å². The van der Waals surface area contributed by atoms with E-state index in [1.807, 2.05) is 6.92 Å². The molecule has 0 saturated carbocycles. The third-order valence-electron chi connectivity index (χ3n) is 5.65. The molecule has 1 aliphatic rings. The van der Waals surface area contributed by atoms with Gasteiger partial charge in [0.15, 0.2) is 0 Å². The predicted octanol–water partition coefficient (Wildman–Crippen LogP) is 3.49. The van der Waals surface area contributed by atoms with E-state index < -0.39 is 16.8 Å². The molecule has 0 fully saturated rings. The van der Waals surface area contributed by atoms with Crippen molar-refractivity contribution in [2.75, 3.05) is 19.5 Å². The fourth-order valence-corrected chi connectivity index (χ4v) is 6.16. The highest BCUT2D eigenvalue weighted by molar-refractivity contribution is 8.00. The number of nitrogens with one attached hydrogen (secondary N) is 2. The molecule has 2 N–H and O–H groups in total. The summed E-state index contributed by atoms with van der Waals surface area (Å²) in [6.45, 7) is 1.86. The van der Waals surface area contributed by atoms with Crippen molar-refractivity contribution in [3.63, 3.8) is 0 Å². The second-order valence-electron chi connectivity index (χ2n) is 7.73. The number of amides is 1. The van der Waals surface area contributed by atoms with Gasteiger partial charge in [0.1, 0.15) is 10.8 Å². The van der Waals surface area contributed by atoms with Crippen LogP contribution in [0.1, 0.15) is 47.0 Å². The maximum Gasteiger partial charge on any atom is 0.442 e. The van der Waals surface area contributed by atoms with Crippen LogP contribution in [0.4, 0.5) is 5.00 Å². The van der Waals surface area contributed by atoms with E-state index in [1.165, 1.54) is 23.1 Å². The zero-order chi connectivity index (χ0) is 24.2. The molecule has 0 saturated heterocycles. The molecule has 1 aromatic carbocycles. The fourth-order valence-electron chi connectivity index (χ4n) is 3.89. The molecule has 1 aliphatic carbocycles. The fraction of sp³-hybridized carbons (Fsp3) is 0.391. The van der Waals surface area contributed by atoms with Crippen molar-refractivity contribution in [3.8, 4) is 11.4 Å². The van der Waals surface area contributed by atoms with Crippen LogP contribution < -0.4 is 20.4 Å². The average molecular weight is 505 g/mol. The molecule has 1 atom stereocenters. The van der Waals surface area contributed by atoms with Crippen molar-refractivity contribution in [2.24, 2.45) is 0 Å². The number of hydrogen-bond acceptors (Lipinski definition) is 8. The van der Waals surface area contributed by atoms with Crippen LogP contribution >= 0.6 is 23.1 Å². The van der Waals surface area contributed by atoms with Crippen molar-refractivity contribution < 1.29 is 28.3 Å². The third kappa shape index (κ3) is 4.76. The summed E-state index contributed by atoms with van der Waals surface area (Å²) in [5, 5.41) is 5.67. The SMILES string of the molecule is CCC(Sc1c(=O)o[nH][n+]1-c1ccc(OC)cc1)C(=O)Nc1sc2c(c1C(=O)OC)CCCC2. The number of aromatic amines is 1. The van der Waals surface area contributed by atoms with Crippen LogP contribution in [0.15, 0.2) is 38.6 Å². The first-order chi connectivity index (χ1) is 16.5. The van der Waals surface area contributed by atoms with Crippen molar-refractivity contribution in [1.29, 1.82) is 0 Å². The number of nitrogens with zero attached hydrogens (tertiary/aromatic N) is 1. The maximum absolute atomic E-state index is 13.2. The largest absolute Gasteiger partial charge is 0.497 e. The van der Waals surface area contributed by atoms with E-state index in [0.717, 1.165) is 47.9 Å². The van der Waals surface area contributed by atoms with Gasteiger partial charge in [-0.3, -0.25) is 9.32 Å². The number of benzene rings is 1. The summed E-state index contributed by atoms with van der Waals surface area (Å²) < 4.78 is 16.7. The molecule has 9 nitrogen and oxygen atoms in total. The van der Waals surface area contributed by atoms with Gasteiger partial charge in [0.05, 0.1) is 25.0 Å². The number of carbonyl (C=O) groups is 2. The number of methoxy groups -OCH3 is 2. The first kappa shape index (κ1) is 24.1. The van der Waals surface area contributed by atoms with E-state index >= 15 is 0 Å². The van der Waals surface area contributed by atoms with Gasteiger partial charge >= 0.3 is 16.6 Å². The monoisotopic (exact) mass is 504 g/mol. The van der Waals surface area contributed by atoms with Crippen LogP contribution in [0, 0.1) is 0 Å². The van der Waals surface area contributed by atoms with E-state index in [4.69, 9.17) is 14.0 Å². The van der Waals surface area contributed by atoms with E-state index in [-0.39, 0.29) is 10.9 Å². The Labute approximate surface area is 204 Å². The molecule has 0 aliphatic heterocycles. The Bertz CT molecular complexity index is 1240. The molecule has 3 aromatic rings. The van der Waals surface area contributed by atoms with Crippen LogP contribution in [0.3, 0.4) is 0 Å². The first-order valence-corrected chi connectivity index (χ1v) is 12.6. The van der Waals surface area contributed by atoms with E-state index in [1.54, 1.807) is 31.4 Å². The Balaban J connectivity index is 1.58. The number of ether oxygens (including phenoxy) is 2. The molecule has 34 heavy (non-hydrogen) atoms. The summed E-state index contributed by atoms with van der Waals surface area (Å²) in [6, 6.07) is 7.07. The number of aryl methyl sites for hydroxylation is 1. The van der Waals surface area contributed by atoms with Gasteiger partial charge in [-0.05, 0) is 71.5 Å². The molecule has 2 heterocycles. The van der Waals surface area contributed by atoms with Gasteiger partial charge in [0.25, 0.3) is 0 Å². The normalized spacial score (nSPS) is 13.7. The van der Waals surface area contributed by atoms with Crippen LogP contribution in [-0.4, -0.2) is 36.6 Å². The van der Waals surface area contributed by atoms with Gasteiger partial charge in [0, 0.05) is 17.0 Å². The van der Waals surface area contributed by atoms with Crippen LogP contribution in [0.2, 0.25) is 0 Å². The number of esters is 1. The second kappa shape index (κ2) is 10.5. The molecule has 0 radical (unpaired) electrons. The number of thiophene rings is 1. The minimum atomic E-state index is -0.590. The molecule has 1 unspecified atom stereocenters. The number of H-pyrrole nitrogens is 1. The Hall–Kier alpha value is -3.05. The zero-order valence-electron chi connectivity index (χ0n) is 19.1. The zero-order valence-corrected chi connectivity index (χ0v) is 20.8. The molecular weight excluding hydrogens is 478 g/mol. The predicted molar refractivity (Wildman–Crippen MR) is 128 cm³/mol. The number of carbonyl (C=O) groups excluding carboxylic acids is 2. The van der Waals surface area contributed by atoms with E-state index in [9.17, 15) is 14.4 Å². The van der Waals surface area contributed by atoms with Crippen LogP contribution in [-0.2, 0) is 22.4 Å². The molecule has 1 amide bonds. The van der Waals surface area contributed by atoms with Gasteiger partial charge in [0.2, 0.25) is 11.6 Å².